The number of nitrogens with zero attached hydrogens (tertiary/aromatic N) is 2. The molecule has 5 unspecified atom stereocenters. The molecule has 2 saturated heterocycles. The number of nitrogens with one attached hydrogen (secondary N) is 4. The van der Waals surface area contributed by atoms with Crippen molar-refractivity contribution in [2.24, 2.45) is 11.8 Å². The molecule has 354 valence electrons. The summed E-state index contributed by atoms with van der Waals surface area (Å²) in [6, 6.07) is 13.9. The molecule has 0 spiro atoms. The molecule has 0 bridgehead atoms. The van der Waals surface area contributed by atoms with Gasteiger partial charge in [0.2, 0.25) is 29.5 Å². The van der Waals surface area contributed by atoms with Crippen LogP contribution >= 0.6 is 0 Å². The van der Waals surface area contributed by atoms with Gasteiger partial charge in [0, 0.05) is 33.0 Å². The maximum atomic E-state index is 15.1. The third-order valence-corrected chi connectivity index (χ3v) is 11.3. The Balaban J connectivity index is 1.70. The normalized spacial score (nSPS) is 18.5. The number of morpholine rings is 1. The summed E-state index contributed by atoms with van der Waals surface area (Å²) in [7, 11) is 1.51. The van der Waals surface area contributed by atoms with Crippen LogP contribution in [0.2, 0.25) is 0 Å². The molecule has 0 aliphatic carbocycles. The second-order valence-electron chi connectivity index (χ2n) is 17.9. The van der Waals surface area contributed by atoms with Gasteiger partial charge in [-0.15, -0.1) is 6.42 Å². The molecule has 2 heterocycles. The van der Waals surface area contributed by atoms with Gasteiger partial charge in [-0.25, -0.2) is 0 Å². The fraction of sp³-hybridized carbons (Fsp3) is 0.571. The summed E-state index contributed by atoms with van der Waals surface area (Å²) < 4.78 is 16.9. The Morgan fingerprint density at radius 3 is 2.08 bits per heavy atom. The van der Waals surface area contributed by atoms with Crippen molar-refractivity contribution in [2.45, 2.75) is 122 Å². The van der Waals surface area contributed by atoms with Crippen LogP contribution in [0.4, 0.5) is 0 Å². The molecule has 5 amide bonds. The molecule has 2 aliphatic heterocycles. The second-order valence-corrected chi connectivity index (χ2v) is 17.9. The van der Waals surface area contributed by atoms with Crippen molar-refractivity contribution in [3.63, 3.8) is 0 Å². The van der Waals surface area contributed by atoms with E-state index in [0.717, 1.165) is 16.0 Å². The molecule has 65 heavy (non-hydrogen) atoms. The maximum absolute atomic E-state index is 15.1. The van der Waals surface area contributed by atoms with Crippen LogP contribution in [0.3, 0.4) is 0 Å². The molecule has 0 saturated carbocycles. The highest BCUT2D eigenvalue weighted by atomic mass is 16.6. The molecule has 16 nitrogen and oxygen atoms in total. The first-order valence-electron chi connectivity index (χ1n) is 22.6. The Bertz CT molecular complexity index is 1940. The number of rotatable bonds is 26. The monoisotopic (exact) mass is 900 g/mol. The third-order valence-electron chi connectivity index (χ3n) is 11.3. The van der Waals surface area contributed by atoms with E-state index in [2.05, 4.69) is 27.2 Å². The standard InChI is InChI=1S/C49H68N6O10/c1-8-24-54(7)43(57)21-22-44(58)64-32-55(48(62)38(20-19-35-15-11-9-12-16-35)51-42(56)29-37-30-50-23-25-63-37)41(27-34(4)5)47(61)53-40(28-36-17-13-10-14-18-36)46(60)52-39(26-33(2)3)45(59)49(6)31-65-49/h1,9-18,33-34,37-41,50H,19-32H2,2-7H3,(H,51,56)(H,52,60)(H,53,61)/t37?,38?,39?,40?,41?,49-/m1/s1. The Labute approximate surface area is 383 Å². The molecular formula is C49H68N6O10. The van der Waals surface area contributed by atoms with E-state index in [1.54, 1.807) is 19.1 Å². The van der Waals surface area contributed by atoms with Gasteiger partial charge < -0.3 is 40.4 Å². The Hall–Kier alpha value is -5.63. The molecule has 2 fully saturated rings. The number of hydrogen-bond acceptors (Lipinski definition) is 11. The van der Waals surface area contributed by atoms with Crippen molar-refractivity contribution < 1.29 is 47.8 Å². The summed E-state index contributed by atoms with van der Waals surface area (Å²) in [5.74, 6) is -1.71. The van der Waals surface area contributed by atoms with Gasteiger partial charge in [-0.2, -0.15) is 0 Å². The topological polar surface area (TPSA) is 205 Å². The van der Waals surface area contributed by atoms with Crippen molar-refractivity contribution in [2.75, 3.05) is 46.6 Å². The van der Waals surface area contributed by atoms with Gasteiger partial charge in [0.25, 0.3) is 0 Å². The van der Waals surface area contributed by atoms with Gasteiger partial charge in [0.05, 0.1) is 44.7 Å². The number of hydrogen-bond donors (Lipinski definition) is 4. The predicted molar refractivity (Wildman–Crippen MR) is 243 cm³/mol. The number of ketones is 1. The van der Waals surface area contributed by atoms with Gasteiger partial charge in [-0.1, -0.05) is 94.3 Å². The lowest BCUT2D eigenvalue weighted by Crippen LogP contribution is -2.60. The summed E-state index contributed by atoms with van der Waals surface area (Å²) in [6.45, 7) is 10.4. The van der Waals surface area contributed by atoms with Crippen LogP contribution in [0.15, 0.2) is 60.7 Å². The Morgan fingerprint density at radius 2 is 1.49 bits per heavy atom. The summed E-state index contributed by atoms with van der Waals surface area (Å²) in [5.41, 5.74) is 0.617. The van der Waals surface area contributed by atoms with Crippen LogP contribution < -0.4 is 21.3 Å². The fourth-order valence-corrected chi connectivity index (χ4v) is 7.51. The summed E-state index contributed by atoms with van der Waals surface area (Å²) in [5, 5.41) is 11.9. The molecule has 2 aromatic rings. The molecule has 6 atom stereocenters. The van der Waals surface area contributed by atoms with Crippen LogP contribution in [-0.4, -0.2) is 134 Å². The fourth-order valence-electron chi connectivity index (χ4n) is 7.51. The molecule has 16 heteroatoms. The second kappa shape index (κ2) is 25.8. The van der Waals surface area contributed by atoms with Crippen molar-refractivity contribution in [3.05, 3.63) is 71.8 Å². The number of Topliss-reactive ketones (excluding diaryl/α,β-unsaturated/α-hetero) is 1. The SMILES string of the molecule is C#CCN(C)C(=O)CCC(=O)OCN(C(=O)C(CCc1ccccc1)NC(=O)CC1CNCCO1)C(CC(C)C)C(=O)NC(Cc1ccccc1)C(=O)NC(CC(C)C)C(=O)[C@@]1(C)CO1. The number of aryl methyl sites for hydroxylation is 1. The van der Waals surface area contributed by atoms with Crippen LogP contribution in [0.5, 0.6) is 0 Å². The van der Waals surface area contributed by atoms with Gasteiger partial charge in [-0.05, 0) is 55.6 Å². The van der Waals surface area contributed by atoms with Gasteiger partial charge in [0.1, 0.15) is 23.7 Å². The molecule has 0 aromatic heterocycles. The molecule has 0 radical (unpaired) electrons. The predicted octanol–water partition coefficient (Wildman–Crippen LogP) is 2.71. The Morgan fingerprint density at radius 1 is 0.862 bits per heavy atom. The number of amides is 5. The number of carbonyl (C=O) groups is 7. The van der Waals surface area contributed by atoms with Crippen molar-refractivity contribution in [1.82, 2.24) is 31.1 Å². The molecular weight excluding hydrogens is 833 g/mol. The number of terminal acetylenes is 1. The molecule has 2 aromatic carbocycles. The first-order valence-corrected chi connectivity index (χ1v) is 22.6. The number of benzene rings is 2. The van der Waals surface area contributed by atoms with E-state index in [1.165, 1.54) is 11.9 Å². The van der Waals surface area contributed by atoms with Crippen LogP contribution in [0, 0.1) is 24.2 Å². The molecule has 4 rings (SSSR count). The van der Waals surface area contributed by atoms with E-state index in [0.29, 0.717) is 32.5 Å². The zero-order valence-electron chi connectivity index (χ0n) is 38.8. The highest BCUT2D eigenvalue weighted by Crippen LogP contribution is 2.30. The minimum Gasteiger partial charge on any atom is -0.444 e. The molecule has 2 aliphatic rings. The van der Waals surface area contributed by atoms with Gasteiger partial charge in [0.15, 0.2) is 12.5 Å². The van der Waals surface area contributed by atoms with Crippen molar-refractivity contribution >= 4 is 41.3 Å². The average molecular weight is 901 g/mol. The van der Waals surface area contributed by atoms with Crippen LogP contribution in [-0.2, 0) is 60.6 Å². The minimum atomic E-state index is -1.32. The summed E-state index contributed by atoms with van der Waals surface area (Å²) >= 11 is 0. The van der Waals surface area contributed by atoms with Crippen LogP contribution in [0.25, 0.3) is 0 Å². The highest BCUT2D eigenvalue weighted by Gasteiger charge is 2.50. The largest absolute Gasteiger partial charge is 0.444 e. The number of ether oxygens (including phenoxy) is 3. The quantitative estimate of drug-likeness (QED) is 0.0468. The van der Waals surface area contributed by atoms with Gasteiger partial charge in [-0.3, -0.25) is 38.5 Å². The van der Waals surface area contributed by atoms with Crippen molar-refractivity contribution in [1.29, 1.82) is 0 Å². The lowest BCUT2D eigenvalue weighted by Gasteiger charge is -2.35. The Kier molecular flexibility index (Phi) is 20.6. The first-order chi connectivity index (χ1) is 31.0. The van der Waals surface area contributed by atoms with E-state index >= 15 is 4.79 Å². The van der Waals surface area contributed by atoms with Gasteiger partial charge >= 0.3 is 5.97 Å². The average Bonchev–Trinajstić information content (AvgIpc) is 4.04. The summed E-state index contributed by atoms with van der Waals surface area (Å²) in [4.78, 5) is 99.9. The smallest absolute Gasteiger partial charge is 0.308 e. The zero-order chi connectivity index (χ0) is 47.5. The van der Waals surface area contributed by atoms with Crippen LogP contribution in [0.1, 0.15) is 84.3 Å². The number of esters is 1. The van der Waals surface area contributed by atoms with E-state index in [9.17, 15) is 28.8 Å². The number of epoxide rings is 1. The lowest BCUT2D eigenvalue weighted by molar-refractivity contribution is -0.161. The third kappa shape index (κ3) is 17.4. The zero-order valence-corrected chi connectivity index (χ0v) is 38.8. The highest BCUT2D eigenvalue weighted by molar-refractivity contribution is 5.99. The summed E-state index contributed by atoms with van der Waals surface area (Å²) in [6.07, 6.45) is 5.30. The van der Waals surface area contributed by atoms with E-state index < -0.39 is 72.2 Å². The minimum absolute atomic E-state index is 0.0307. The van der Waals surface area contributed by atoms with E-state index in [-0.39, 0.29) is 75.2 Å². The maximum Gasteiger partial charge on any atom is 0.308 e. The van der Waals surface area contributed by atoms with E-state index in [4.69, 9.17) is 20.6 Å². The molecule has 4 N–H and O–H groups in total. The number of carbonyl (C=O) groups excluding carboxylic acids is 7. The lowest BCUT2D eigenvalue weighted by atomic mass is 9.93. The van der Waals surface area contributed by atoms with Crippen molar-refractivity contribution in [3.8, 4) is 12.3 Å². The van der Waals surface area contributed by atoms with E-state index in [1.807, 2.05) is 76.2 Å². The first kappa shape index (κ1) is 52.0.